The highest BCUT2D eigenvalue weighted by molar-refractivity contribution is 5.58. The molecular weight excluding hydrogens is 348 g/mol. The van der Waals surface area contributed by atoms with Crippen LogP contribution in [0.25, 0.3) is 0 Å². The van der Waals surface area contributed by atoms with E-state index in [1.54, 1.807) is 12.1 Å². The molecule has 0 spiro atoms. The van der Waals surface area contributed by atoms with E-state index in [9.17, 15) is 10.2 Å². The van der Waals surface area contributed by atoms with Crippen LogP contribution in [0.3, 0.4) is 0 Å². The van der Waals surface area contributed by atoms with Gasteiger partial charge in [-0.25, -0.2) is 0 Å². The molecule has 0 bridgehead atoms. The van der Waals surface area contributed by atoms with E-state index in [1.165, 1.54) is 0 Å². The lowest BCUT2D eigenvalue weighted by molar-refractivity contribution is -0.0361. The summed E-state index contributed by atoms with van der Waals surface area (Å²) in [6.45, 7) is 4.28. The maximum atomic E-state index is 10.9. The van der Waals surface area contributed by atoms with Gasteiger partial charge in [0.05, 0.1) is 6.10 Å². The molecule has 2 unspecified atom stereocenters. The molecule has 0 saturated carbocycles. The van der Waals surface area contributed by atoms with Crippen LogP contribution in [0.5, 0.6) is 28.7 Å². The Morgan fingerprint density at radius 3 is 2.56 bits per heavy atom. The molecule has 6 heteroatoms. The van der Waals surface area contributed by atoms with Gasteiger partial charge < -0.3 is 29.2 Å². The van der Waals surface area contributed by atoms with Gasteiger partial charge in [-0.3, -0.25) is 0 Å². The third-order valence-electron chi connectivity index (χ3n) is 5.19. The molecule has 0 aromatic heterocycles. The number of hydrogen-bond acceptors (Lipinski definition) is 6. The lowest BCUT2D eigenvalue weighted by atomic mass is 9.85. The minimum Gasteiger partial charge on any atom is -0.504 e. The summed E-state index contributed by atoms with van der Waals surface area (Å²) < 4.78 is 22.4. The Morgan fingerprint density at radius 2 is 1.81 bits per heavy atom. The number of ether oxygens (including phenoxy) is 4. The second kappa shape index (κ2) is 7.19. The largest absolute Gasteiger partial charge is 0.504 e. The number of rotatable bonds is 5. The van der Waals surface area contributed by atoms with Gasteiger partial charge in [0, 0.05) is 29.5 Å². The highest BCUT2D eigenvalue weighted by atomic mass is 16.7. The van der Waals surface area contributed by atoms with Crippen molar-refractivity contribution in [3.8, 4) is 28.7 Å². The lowest BCUT2D eigenvalue weighted by Gasteiger charge is -2.30. The standard InChI is InChI=1S/C21H24O6/c1-3-12(4-2)26-16-7-5-6-13(21(16)23)14-9-20(22)27-17-10-19-18(8-15(14)17)24-11-25-19/h5-8,10,12,14,20,22-23H,3-4,9,11H2,1-2H3. The molecule has 2 heterocycles. The van der Waals surface area contributed by atoms with Crippen LogP contribution in [-0.2, 0) is 0 Å². The van der Waals surface area contributed by atoms with E-state index in [4.69, 9.17) is 18.9 Å². The molecule has 2 N–H and O–H groups in total. The molecule has 4 rings (SSSR count). The Bertz CT molecular complexity index is 830. The minimum absolute atomic E-state index is 0.0486. The number of phenolic OH excluding ortho intramolecular Hbond substituents is 1. The Labute approximate surface area is 158 Å². The predicted octanol–water partition coefficient (Wildman–Crippen LogP) is 3.92. The summed E-state index contributed by atoms with van der Waals surface area (Å²) in [6.07, 6.45) is 1.14. The maximum Gasteiger partial charge on any atom is 0.231 e. The predicted molar refractivity (Wildman–Crippen MR) is 98.8 cm³/mol. The Hall–Kier alpha value is -2.60. The van der Waals surface area contributed by atoms with Gasteiger partial charge >= 0.3 is 0 Å². The van der Waals surface area contributed by atoms with E-state index in [1.807, 2.05) is 18.2 Å². The SMILES string of the molecule is CCC(CC)Oc1cccc(C2CC(O)Oc3cc4c(cc32)OCO4)c1O. The van der Waals surface area contributed by atoms with E-state index in [2.05, 4.69) is 13.8 Å². The van der Waals surface area contributed by atoms with Crippen molar-refractivity contribution in [2.24, 2.45) is 0 Å². The van der Waals surface area contributed by atoms with Crippen molar-refractivity contribution < 1.29 is 29.2 Å². The topological polar surface area (TPSA) is 77.4 Å². The molecule has 2 aliphatic rings. The van der Waals surface area contributed by atoms with Crippen LogP contribution >= 0.6 is 0 Å². The summed E-state index contributed by atoms with van der Waals surface area (Å²) in [4.78, 5) is 0. The van der Waals surface area contributed by atoms with Gasteiger partial charge in [0.1, 0.15) is 5.75 Å². The zero-order valence-electron chi connectivity index (χ0n) is 15.5. The third-order valence-corrected chi connectivity index (χ3v) is 5.19. The lowest BCUT2D eigenvalue weighted by Crippen LogP contribution is -2.25. The summed E-state index contributed by atoms with van der Waals surface area (Å²) in [5, 5.41) is 21.1. The van der Waals surface area contributed by atoms with Crippen molar-refractivity contribution in [1.29, 1.82) is 0 Å². The first-order valence-electron chi connectivity index (χ1n) is 9.37. The molecule has 0 saturated heterocycles. The van der Waals surface area contributed by atoms with Gasteiger partial charge in [-0.15, -0.1) is 0 Å². The molecule has 2 aromatic rings. The fraction of sp³-hybridized carbons (Fsp3) is 0.429. The van der Waals surface area contributed by atoms with Gasteiger partial charge in [-0.05, 0) is 25.0 Å². The van der Waals surface area contributed by atoms with Crippen LogP contribution in [0.2, 0.25) is 0 Å². The molecule has 0 aliphatic carbocycles. The van der Waals surface area contributed by atoms with Crippen LogP contribution in [0.4, 0.5) is 0 Å². The van der Waals surface area contributed by atoms with Gasteiger partial charge in [0.2, 0.25) is 6.79 Å². The zero-order valence-corrected chi connectivity index (χ0v) is 15.5. The fourth-order valence-corrected chi connectivity index (χ4v) is 3.68. The van der Waals surface area contributed by atoms with Crippen molar-refractivity contribution in [2.75, 3.05) is 6.79 Å². The Balaban J connectivity index is 1.74. The number of fused-ring (bicyclic) bond motifs is 2. The molecule has 0 amide bonds. The van der Waals surface area contributed by atoms with Gasteiger partial charge in [-0.1, -0.05) is 26.0 Å². The fourth-order valence-electron chi connectivity index (χ4n) is 3.68. The number of para-hydroxylation sites is 1. The van der Waals surface area contributed by atoms with Crippen LogP contribution in [0.15, 0.2) is 30.3 Å². The van der Waals surface area contributed by atoms with Gasteiger partial charge in [0.15, 0.2) is 29.3 Å². The minimum atomic E-state index is -0.967. The maximum absolute atomic E-state index is 10.9. The summed E-state index contributed by atoms with van der Waals surface area (Å²) in [5.74, 6) is 2.09. The average molecular weight is 372 g/mol. The monoisotopic (exact) mass is 372 g/mol. The highest BCUT2D eigenvalue weighted by Crippen LogP contribution is 2.49. The van der Waals surface area contributed by atoms with Crippen molar-refractivity contribution in [3.63, 3.8) is 0 Å². The van der Waals surface area contributed by atoms with Crippen LogP contribution < -0.4 is 18.9 Å². The van der Waals surface area contributed by atoms with Crippen LogP contribution in [0, 0.1) is 0 Å². The second-order valence-corrected chi connectivity index (χ2v) is 6.85. The summed E-state index contributed by atoms with van der Waals surface area (Å²) in [6, 6.07) is 9.08. The number of aliphatic hydroxyl groups excluding tert-OH is 1. The summed E-state index contributed by atoms with van der Waals surface area (Å²) in [7, 11) is 0. The van der Waals surface area contributed by atoms with E-state index < -0.39 is 6.29 Å². The molecular formula is C21H24O6. The number of aromatic hydroxyl groups is 1. The molecule has 2 aromatic carbocycles. The van der Waals surface area contributed by atoms with Crippen LogP contribution in [0.1, 0.15) is 50.2 Å². The molecule has 27 heavy (non-hydrogen) atoms. The smallest absolute Gasteiger partial charge is 0.231 e. The van der Waals surface area contributed by atoms with Crippen molar-refractivity contribution in [3.05, 3.63) is 41.5 Å². The summed E-state index contributed by atoms with van der Waals surface area (Å²) >= 11 is 0. The zero-order chi connectivity index (χ0) is 19.0. The first kappa shape index (κ1) is 17.8. The second-order valence-electron chi connectivity index (χ2n) is 6.85. The van der Waals surface area contributed by atoms with E-state index in [-0.39, 0.29) is 24.6 Å². The van der Waals surface area contributed by atoms with Crippen molar-refractivity contribution in [1.82, 2.24) is 0 Å². The van der Waals surface area contributed by atoms with E-state index in [0.29, 0.717) is 35.0 Å². The number of phenols is 1. The number of aliphatic hydroxyl groups is 1. The quantitative estimate of drug-likeness (QED) is 0.828. The number of benzene rings is 2. The molecule has 6 nitrogen and oxygen atoms in total. The van der Waals surface area contributed by atoms with E-state index >= 15 is 0 Å². The van der Waals surface area contributed by atoms with Gasteiger partial charge in [0.25, 0.3) is 0 Å². The summed E-state index contributed by atoms with van der Waals surface area (Å²) in [5.41, 5.74) is 1.54. The van der Waals surface area contributed by atoms with Crippen LogP contribution in [-0.4, -0.2) is 29.4 Å². The van der Waals surface area contributed by atoms with Crippen molar-refractivity contribution >= 4 is 0 Å². The molecule has 144 valence electrons. The molecule has 2 aliphatic heterocycles. The van der Waals surface area contributed by atoms with E-state index in [0.717, 1.165) is 18.4 Å². The molecule has 2 atom stereocenters. The molecule has 0 radical (unpaired) electrons. The highest BCUT2D eigenvalue weighted by Gasteiger charge is 2.33. The number of hydrogen-bond donors (Lipinski definition) is 2. The van der Waals surface area contributed by atoms with Crippen molar-refractivity contribution in [2.45, 2.75) is 51.4 Å². The first-order chi connectivity index (χ1) is 13.1. The Morgan fingerprint density at radius 1 is 1.07 bits per heavy atom. The molecule has 0 fully saturated rings. The average Bonchev–Trinajstić information content (AvgIpc) is 3.12. The normalized spacial score (nSPS) is 20.3. The Kier molecular flexibility index (Phi) is 4.74. The third kappa shape index (κ3) is 3.25. The van der Waals surface area contributed by atoms with Gasteiger partial charge in [-0.2, -0.15) is 0 Å². The first-order valence-corrected chi connectivity index (χ1v) is 9.37.